The quantitative estimate of drug-likeness (QED) is 0.827. The smallest absolute Gasteiger partial charge is 0.207 e. The van der Waals surface area contributed by atoms with Crippen LogP contribution >= 0.6 is 11.8 Å². The second-order valence-corrected chi connectivity index (χ2v) is 6.54. The maximum atomic E-state index is 13.4. The molecule has 1 aromatic carbocycles. The monoisotopic (exact) mass is 288 g/mol. The topological polar surface area (TPSA) is 61.2 Å². The van der Waals surface area contributed by atoms with Gasteiger partial charge in [0.25, 0.3) is 0 Å². The number of thioether (sulfide) groups is 1. The van der Waals surface area contributed by atoms with Gasteiger partial charge in [-0.2, -0.15) is 17.0 Å². The summed E-state index contributed by atoms with van der Waals surface area (Å²) in [5.74, 6) is -0.190. The van der Waals surface area contributed by atoms with Crippen LogP contribution in [0.2, 0.25) is 0 Å². The molecular formula is C11H13FN2O2S2. The fourth-order valence-electron chi connectivity index (χ4n) is 1.34. The third-order valence-corrected chi connectivity index (χ3v) is 4.88. The van der Waals surface area contributed by atoms with Gasteiger partial charge in [0.05, 0.1) is 0 Å². The minimum atomic E-state index is -3.82. The van der Waals surface area contributed by atoms with Crippen molar-refractivity contribution in [3.63, 3.8) is 0 Å². The molecule has 0 spiro atoms. The first-order valence-corrected chi connectivity index (χ1v) is 7.92. The molecule has 0 saturated heterocycles. The lowest BCUT2D eigenvalue weighted by Crippen LogP contribution is -2.29. The van der Waals surface area contributed by atoms with E-state index in [-0.39, 0.29) is 4.90 Å². The summed E-state index contributed by atoms with van der Waals surface area (Å²) in [6.45, 7) is 0.310. The van der Waals surface area contributed by atoms with Crippen molar-refractivity contribution in [1.82, 2.24) is 4.31 Å². The van der Waals surface area contributed by atoms with E-state index < -0.39 is 21.4 Å². The first-order valence-electron chi connectivity index (χ1n) is 5.09. The normalized spacial score (nSPS) is 11.5. The van der Waals surface area contributed by atoms with Crippen molar-refractivity contribution in [2.24, 2.45) is 0 Å². The van der Waals surface area contributed by atoms with Crippen LogP contribution < -0.4 is 0 Å². The standard InChI is InChI=1S/C11H13FN2O2S2/c1-14(6-7-17-2)18(15,16)11-5-3-4-10(12)9(11)8-13/h3-5H,6-7H2,1-2H3. The third kappa shape index (κ3) is 3.02. The summed E-state index contributed by atoms with van der Waals surface area (Å²) in [4.78, 5) is -0.284. The lowest BCUT2D eigenvalue weighted by molar-refractivity contribution is 0.487. The Bertz CT molecular complexity index is 567. The molecule has 1 aromatic rings. The number of hydrogen-bond donors (Lipinski definition) is 0. The van der Waals surface area contributed by atoms with Crippen LogP contribution in [-0.2, 0) is 10.0 Å². The van der Waals surface area contributed by atoms with Gasteiger partial charge in [0.15, 0.2) is 0 Å². The van der Waals surface area contributed by atoms with E-state index in [1.807, 2.05) is 6.26 Å². The Morgan fingerprint density at radius 3 is 2.72 bits per heavy atom. The molecule has 1 rings (SSSR count). The largest absolute Gasteiger partial charge is 0.244 e. The van der Waals surface area contributed by atoms with Crippen molar-refractivity contribution in [2.45, 2.75) is 4.90 Å². The highest BCUT2D eigenvalue weighted by molar-refractivity contribution is 7.98. The third-order valence-electron chi connectivity index (χ3n) is 2.39. The van der Waals surface area contributed by atoms with Gasteiger partial charge in [-0.05, 0) is 18.4 Å². The molecule has 0 heterocycles. The number of nitrogens with zero attached hydrogens (tertiary/aromatic N) is 2. The van der Waals surface area contributed by atoms with E-state index in [9.17, 15) is 12.8 Å². The summed E-state index contributed by atoms with van der Waals surface area (Å²) in [5.41, 5.74) is -0.437. The van der Waals surface area contributed by atoms with Gasteiger partial charge < -0.3 is 0 Å². The number of halogens is 1. The van der Waals surface area contributed by atoms with Crippen molar-refractivity contribution in [3.8, 4) is 6.07 Å². The minimum absolute atomic E-state index is 0.284. The minimum Gasteiger partial charge on any atom is -0.207 e. The van der Waals surface area contributed by atoms with E-state index in [0.29, 0.717) is 12.3 Å². The second-order valence-electron chi connectivity index (χ2n) is 3.54. The maximum absolute atomic E-state index is 13.4. The van der Waals surface area contributed by atoms with Crippen LogP contribution in [0.3, 0.4) is 0 Å². The number of benzene rings is 1. The van der Waals surface area contributed by atoms with Gasteiger partial charge in [0.1, 0.15) is 22.3 Å². The van der Waals surface area contributed by atoms with Gasteiger partial charge in [0.2, 0.25) is 10.0 Å². The van der Waals surface area contributed by atoms with Gasteiger partial charge in [-0.15, -0.1) is 0 Å². The van der Waals surface area contributed by atoms with E-state index in [0.717, 1.165) is 10.4 Å². The Hall–Kier alpha value is -1.10. The molecular weight excluding hydrogens is 275 g/mol. The highest BCUT2D eigenvalue weighted by atomic mass is 32.2. The zero-order valence-electron chi connectivity index (χ0n) is 10.1. The molecule has 0 fully saturated rings. The van der Waals surface area contributed by atoms with Crippen LogP contribution in [-0.4, -0.2) is 38.3 Å². The predicted octanol–water partition coefficient (Wildman–Crippen LogP) is 1.68. The van der Waals surface area contributed by atoms with E-state index in [1.54, 1.807) is 6.07 Å². The summed E-state index contributed by atoms with van der Waals surface area (Å²) in [7, 11) is -2.40. The van der Waals surface area contributed by atoms with E-state index in [4.69, 9.17) is 5.26 Å². The summed E-state index contributed by atoms with van der Waals surface area (Å²) in [6.07, 6.45) is 1.86. The highest BCUT2D eigenvalue weighted by Gasteiger charge is 2.25. The predicted molar refractivity (Wildman–Crippen MR) is 69.3 cm³/mol. The molecule has 0 aromatic heterocycles. The molecule has 0 saturated carbocycles. The van der Waals surface area contributed by atoms with Crippen molar-refractivity contribution >= 4 is 21.8 Å². The second kappa shape index (κ2) is 6.18. The Morgan fingerprint density at radius 1 is 1.50 bits per heavy atom. The van der Waals surface area contributed by atoms with Gasteiger partial charge in [-0.3, -0.25) is 0 Å². The first-order chi connectivity index (χ1) is 8.45. The Labute approximate surface area is 110 Å². The van der Waals surface area contributed by atoms with Crippen molar-refractivity contribution in [3.05, 3.63) is 29.6 Å². The van der Waals surface area contributed by atoms with E-state index >= 15 is 0 Å². The zero-order chi connectivity index (χ0) is 13.8. The first kappa shape index (κ1) is 15.0. The van der Waals surface area contributed by atoms with Gasteiger partial charge >= 0.3 is 0 Å². The summed E-state index contributed by atoms with van der Waals surface area (Å²) < 4.78 is 38.8. The maximum Gasteiger partial charge on any atom is 0.244 e. The Balaban J connectivity index is 3.21. The molecule has 18 heavy (non-hydrogen) atoms. The van der Waals surface area contributed by atoms with Gasteiger partial charge in [-0.25, -0.2) is 17.1 Å². The molecule has 0 radical (unpaired) electrons. The highest BCUT2D eigenvalue weighted by Crippen LogP contribution is 2.21. The van der Waals surface area contributed by atoms with Gasteiger partial charge in [-0.1, -0.05) is 6.07 Å². The summed E-state index contributed by atoms with van der Waals surface area (Å²) in [5, 5.41) is 8.84. The molecule has 0 aliphatic rings. The zero-order valence-corrected chi connectivity index (χ0v) is 11.7. The summed E-state index contributed by atoms with van der Waals surface area (Å²) >= 11 is 1.51. The molecule has 4 nitrogen and oxygen atoms in total. The van der Waals surface area contributed by atoms with Crippen LogP contribution in [0.15, 0.2) is 23.1 Å². The lowest BCUT2D eigenvalue weighted by Gasteiger charge is -2.17. The lowest BCUT2D eigenvalue weighted by atomic mass is 10.2. The van der Waals surface area contributed by atoms with Crippen LogP contribution in [0, 0.1) is 17.1 Å². The SMILES string of the molecule is CSCCN(C)S(=O)(=O)c1cccc(F)c1C#N. The Kier molecular flexibility index (Phi) is 5.14. The van der Waals surface area contributed by atoms with Crippen LogP contribution in [0.1, 0.15) is 5.56 Å². The average Bonchev–Trinajstić information content (AvgIpc) is 2.35. The fourth-order valence-corrected chi connectivity index (χ4v) is 3.23. The molecule has 0 aliphatic carbocycles. The average molecular weight is 288 g/mol. The molecule has 7 heteroatoms. The number of sulfonamides is 1. The van der Waals surface area contributed by atoms with Crippen molar-refractivity contribution in [1.29, 1.82) is 5.26 Å². The molecule has 0 amide bonds. The molecule has 0 N–H and O–H groups in total. The van der Waals surface area contributed by atoms with Crippen LogP contribution in [0.25, 0.3) is 0 Å². The van der Waals surface area contributed by atoms with Gasteiger partial charge in [0, 0.05) is 19.3 Å². The number of hydrogen-bond acceptors (Lipinski definition) is 4. The van der Waals surface area contributed by atoms with Crippen LogP contribution in [0.4, 0.5) is 4.39 Å². The molecule has 0 atom stereocenters. The number of rotatable bonds is 5. The van der Waals surface area contributed by atoms with Crippen molar-refractivity contribution < 1.29 is 12.8 Å². The number of nitriles is 1. The van der Waals surface area contributed by atoms with Crippen molar-refractivity contribution in [2.75, 3.05) is 25.6 Å². The molecule has 98 valence electrons. The molecule has 0 bridgehead atoms. The molecule has 0 unspecified atom stereocenters. The van der Waals surface area contributed by atoms with E-state index in [1.165, 1.54) is 30.9 Å². The summed E-state index contributed by atoms with van der Waals surface area (Å²) in [6, 6.07) is 5.19. The fraction of sp³-hybridized carbons (Fsp3) is 0.364. The van der Waals surface area contributed by atoms with Crippen LogP contribution in [0.5, 0.6) is 0 Å². The molecule has 0 aliphatic heterocycles. The van der Waals surface area contributed by atoms with E-state index in [2.05, 4.69) is 0 Å². The Morgan fingerprint density at radius 2 is 2.17 bits per heavy atom.